The smallest absolute Gasteiger partial charge is 0.307 e. The van der Waals surface area contributed by atoms with Gasteiger partial charge in [0.15, 0.2) is 0 Å². The van der Waals surface area contributed by atoms with E-state index in [1.54, 1.807) is 0 Å². The van der Waals surface area contributed by atoms with Crippen LogP contribution in [0, 0.1) is 34.5 Å². The minimum atomic E-state index is -0.688. The van der Waals surface area contributed by atoms with E-state index in [2.05, 4.69) is 19.9 Å². The van der Waals surface area contributed by atoms with Crippen molar-refractivity contribution >= 4 is 5.97 Å². The fraction of sp³-hybridized carbons (Fsp3) is 0.857. The summed E-state index contributed by atoms with van der Waals surface area (Å²) in [5.74, 6) is 2.22. The maximum Gasteiger partial charge on any atom is 0.307 e. The Morgan fingerprint density at radius 1 is 1.12 bits per heavy atom. The standard InChI is InChI=1S/C21H32O3/c1-20-9-7-13(12-19(23)24)11-14(20)3-4-15-16-5-6-18(22)21(16,2)10-8-17(15)20/h7,14-18,22H,3-6,8-12H2,1-2H3,(H,23,24)/t14-,15+,16-,17-,18-,20-,21-/m0/s1. The summed E-state index contributed by atoms with van der Waals surface area (Å²) in [5, 5.41) is 19.6. The molecule has 134 valence electrons. The number of aliphatic hydroxyl groups excluding tert-OH is 1. The fourth-order valence-electron chi connectivity index (χ4n) is 7.26. The third kappa shape index (κ3) is 2.30. The second kappa shape index (κ2) is 5.59. The van der Waals surface area contributed by atoms with Crippen molar-refractivity contribution in [3.63, 3.8) is 0 Å². The lowest BCUT2D eigenvalue weighted by Gasteiger charge is -2.59. The van der Waals surface area contributed by atoms with Crippen LogP contribution in [0.25, 0.3) is 0 Å². The first-order chi connectivity index (χ1) is 11.3. The van der Waals surface area contributed by atoms with Crippen molar-refractivity contribution in [3.05, 3.63) is 11.6 Å². The zero-order chi connectivity index (χ0) is 17.1. The Hall–Kier alpha value is -0.830. The van der Waals surface area contributed by atoms with Gasteiger partial charge in [-0.15, -0.1) is 0 Å². The monoisotopic (exact) mass is 332 g/mol. The number of aliphatic hydroxyl groups is 1. The molecule has 4 aliphatic carbocycles. The van der Waals surface area contributed by atoms with Gasteiger partial charge in [0.05, 0.1) is 12.5 Å². The lowest BCUT2D eigenvalue weighted by Crippen LogP contribution is -2.53. The highest BCUT2D eigenvalue weighted by atomic mass is 16.4. The highest BCUT2D eigenvalue weighted by molar-refractivity contribution is 5.70. The molecule has 3 heteroatoms. The molecule has 3 fully saturated rings. The van der Waals surface area contributed by atoms with Crippen LogP contribution in [0.4, 0.5) is 0 Å². The van der Waals surface area contributed by atoms with Gasteiger partial charge in [0.1, 0.15) is 0 Å². The SMILES string of the molecule is C[C@]12CC=C(CC(=O)O)C[C@@H]1CC[C@H]1[C@@H]2CC[C@]2(C)[C@@H](O)CC[C@@H]12. The Morgan fingerprint density at radius 3 is 2.62 bits per heavy atom. The van der Waals surface area contributed by atoms with Crippen molar-refractivity contribution in [3.8, 4) is 0 Å². The normalized spacial score (nSPS) is 50.5. The van der Waals surface area contributed by atoms with Gasteiger partial charge in [-0.2, -0.15) is 0 Å². The lowest BCUT2D eigenvalue weighted by atomic mass is 9.45. The van der Waals surface area contributed by atoms with Gasteiger partial charge in [0, 0.05) is 0 Å². The van der Waals surface area contributed by atoms with Gasteiger partial charge < -0.3 is 10.2 Å². The maximum atomic E-state index is 11.1. The van der Waals surface area contributed by atoms with Gasteiger partial charge in [-0.1, -0.05) is 25.5 Å². The number of carboxylic acids is 1. The number of rotatable bonds is 2. The van der Waals surface area contributed by atoms with E-state index in [1.807, 2.05) is 0 Å². The lowest BCUT2D eigenvalue weighted by molar-refractivity contribution is -0.136. The molecule has 2 N–H and O–H groups in total. The third-order valence-electron chi connectivity index (χ3n) is 8.73. The van der Waals surface area contributed by atoms with Gasteiger partial charge in [0.2, 0.25) is 0 Å². The molecule has 3 saturated carbocycles. The van der Waals surface area contributed by atoms with Gasteiger partial charge in [-0.05, 0) is 85.9 Å². The van der Waals surface area contributed by atoms with Crippen molar-refractivity contribution in [1.82, 2.24) is 0 Å². The third-order valence-corrected chi connectivity index (χ3v) is 8.73. The summed E-state index contributed by atoms with van der Waals surface area (Å²) in [6.45, 7) is 4.82. The van der Waals surface area contributed by atoms with Gasteiger partial charge in [0.25, 0.3) is 0 Å². The van der Waals surface area contributed by atoms with E-state index in [-0.39, 0.29) is 17.9 Å². The van der Waals surface area contributed by atoms with Crippen molar-refractivity contribution in [2.45, 2.75) is 77.7 Å². The van der Waals surface area contributed by atoms with Crippen molar-refractivity contribution < 1.29 is 15.0 Å². The topological polar surface area (TPSA) is 57.5 Å². The minimum Gasteiger partial charge on any atom is -0.481 e. The van der Waals surface area contributed by atoms with Crippen LogP contribution in [0.1, 0.15) is 71.6 Å². The number of aliphatic carboxylic acids is 1. The maximum absolute atomic E-state index is 11.1. The number of hydrogen-bond acceptors (Lipinski definition) is 2. The second-order valence-electron chi connectivity index (χ2n) is 9.64. The molecule has 0 radical (unpaired) electrons. The average Bonchev–Trinajstić information content (AvgIpc) is 2.83. The quantitative estimate of drug-likeness (QED) is 0.737. The van der Waals surface area contributed by atoms with Gasteiger partial charge in [-0.25, -0.2) is 0 Å². The predicted molar refractivity (Wildman–Crippen MR) is 93.5 cm³/mol. The van der Waals surface area contributed by atoms with E-state index in [4.69, 9.17) is 5.11 Å². The molecule has 0 spiro atoms. The molecular weight excluding hydrogens is 300 g/mol. The molecule has 0 unspecified atom stereocenters. The molecule has 0 aromatic carbocycles. The highest BCUT2D eigenvalue weighted by Crippen LogP contribution is 2.66. The molecule has 0 amide bonds. The molecule has 0 bridgehead atoms. The summed E-state index contributed by atoms with van der Waals surface area (Å²) in [6, 6.07) is 0. The zero-order valence-electron chi connectivity index (χ0n) is 15.1. The predicted octanol–water partition coefficient (Wildman–Crippen LogP) is 4.40. The van der Waals surface area contributed by atoms with E-state index in [0.29, 0.717) is 17.3 Å². The molecule has 0 aromatic rings. The summed E-state index contributed by atoms with van der Waals surface area (Å²) in [6.07, 6.45) is 11.6. The Morgan fingerprint density at radius 2 is 1.88 bits per heavy atom. The average molecular weight is 332 g/mol. The molecular formula is C21H32O3. The van der Waals surface area contributed by atoms with Gasteiger partial charge in [-0.3, -0.25) is 4.79 Å². The Kier molecular flexibility index (Phi) is 3.87. The van der Waals surface area contributed by atoms with Crippen LogP contribution in [0.2, 0.25) is 0 Å². The van der Waals surface area contributed by atoms with Crippen LogP contribution in [0.3, 0.4) is 0 Å². The van der Waals surface area contributed by atoms with Crippen molar-refractivity contribution in [1.29, 1.82) is 0 Å². The van der Waals surface area contributed by atoms with E-state index >= 15 is 0 Å². The first-order valence-corrected chi connectivity index (χ1v) is 9.92. The van der Waals surface area contributed by atoms with Gasteiger partial charge >= 0.3 is 5.97 Å². The van der Waals surface area contributed by atoms with E-state index in [0.717, 1.165) is 36.7 Å². The highest BCUT2D eigenvalue weighted by Gasteiger charge is 2.59. The molecule has 24 heavy (non-hydrogen) atoms. The van der Waals surface area contributed by atoms with Crippen LogP contribution >= 0.6 is 0 Å². The molecule has 3 nitrogen and oxygen atoms in total. The van der Waals surface area contributed by atoms with Crippen molar-refractivity contribution in [2.75, 3.05) is 0 Å². The van der Waals surface area contributed by atoms with Crippen LogP contribution in [-0.2, 0) is 4.79 Å². The van der Waals surface area contributed by atoms with Crippen LogP contribution in [-0.4, -0.2) is 22.3 Å². The number of carbonyl (C=O) groups is 1. The minimum absolute atomic E-state index is 0.0950. The van der Waals surface area contributed by atoms with Crippen molar-refractivity contribution in [2.24, 2.45) is 34.5 Å². The first-order valence-electron chi connectivity index (χ1n) is 9.92. The van der Waals surface area contributed by atoms with E-state index < -0.39 is 5.97 Å². The molecule has 4 rings (SSSR count). The summed E-state index contributed by atoms with van der Waals surface area (Å²) in [7, 11) is 0. The summed E-state index contributed by atoms with van der Waals surface area (Å²) in [4.78, 5) is 11.1. The summed E-state index contributed by atoms with van der Waals surface area (Å²) >= 11 is 0. The zero-order valence-corrected chi connectivity index (χ0v) is 15.1. The van der Waals surface area contributed by atoms with E-state index in [1.165, 1.54) is 32.1 Å². The Balaban J connectivity index is 1.58. The number of hydrogen-bond donors (Lipinski definition) is 2. The summed E-state index contributed by atoms with van der Waals surface area (Å²) < 4.78 is 0. The summed E-state index contributed by atoms with van der Waals surface area (Å²) in [5.41, 5.74) is 1.66. The number of fused-ring (bicyclic) bond motifs is 5. The first kappa shape index (κ1) is 16.6. The second-order valence-corrected chi connectivity index (χ2v) is 9.64. The fourth-order valence-corrected chi connectivity index (χ4v) is 7.26. The Labute approximate surface area is 145 Å². The van der Waals surface area contributed by atoms with Crippen LogP contribution < -0.4 is 0 Å². The molecule has 0 saturated heterocycles. The Bertz CT molecular complexity index is 567. The molecule has 0 aromatic heterocycles. The van der Waals surface area contributed by atoms with Crippen LogP contribution in [0.5, 0.6) is 0 Å². The molecule has 7 atom stereocenters. The molecule has 0 aliphatic heterocycles. The number of allylic oxidation sites excluding steroid dienone is 1. The number of carboxylic acid groups (broad SMARTS) is 1. The van der Waals surface area contributed by atoms with Crippen LogP contribution in [0.15, 0.2) is 11.6 Å². The largest absolute Gasteiger partial charge is 0.481 e. The molecule has 0 heterocycles. The van der Waals surface area contributed by atoms with E-state index in [9.17, 15) is 9.90 Å². The molecule has 4 aliphatic rings.